The van der Waals surface area contributed by atoms with E-state index < -0.39 is 0 Å². The number of thiazole rings is 1. The maximum atomic E-state index is 12.3. The van der Waals surface area contributed by atoms with Crippen molar-refractivity contribution in [3.8, 4) is 5.75 Å². The number of amides is 2. The molecular weight excluding hydrogens is 298 g/mol. The van der Waals surface area contributed by atoms with Crippen molar-refractivity contribution >= 4 is 22.5 Å². The SMILES string of the molecule is CCOc1ccc2c(c1)CN(C(=O)Nc1nc(C)cs1)CC2. The lowest BCUT2D eigenvalue weighted by Gasteiger charge is -2.29. The molecule has 0 radical (unpaired) electrons. The van der Waals surface area contributed by atoms with Gasteiger partial charge < -0.3 is 9.64 Å². The average molecular weight is 317 g/mol. The number of aromatic nitrogens is 1. The third kappa shape index (κ3) is 3.22. The van der Waals surface area contributed by atoms with Gasteiger partial charge in [0.2, 0.25) is 0 Å². The average Bonchev–Trinajstić information content (AvgIpc) is 2.92. The maximum absolute atomic E-state index is 12.3. The minimum Gasteiger partial charge on any atom is -0.494 e. The van der Waals surface area contributed by atoms with Gasteiger partial charge in [0.05, 0.1) is 12.3 Å². The van der Waals surface area contributed by atoms with Crippen molar-refractivity contribution in [2.45, 2.75) is 26.8 Å². The molecule has 0 spiro atoms. The molecule has 0 unspecified atom stereocenters. The molecule has 5 nitrogen and oxygen atoms in total. The van der Waals surface area contributed by atoms with Gasteiger partial charge in [0.1, 0.15) is 5.75 Å². The van der Waals surface area contributed by atoms with Crippen LogP contribution in [-0.2, 0) is 13.0 Å². The number of urea groups is 1. The van der Waals surface area contributed by atoms with Gasteiger partial charge >= 0.3 is 6.03 Å². The number of nitrogens with zero attached hydrogens (tertiary/aromatic N) is 2. The van der Waals surface area contributed by atoms with Crippen molar-refractivity contribution in [1.29, 1.82) is 0 Å². The summed E-state index contributed by atoms with van der Waals surface area (Å²) in [5, 5.41) is 5.44. The Hall–Kier alpha value is -2.08. The molecular formula is C16H19N3O2S. The first-order valence-corrected chi connectivity index (χ1v) is 8.26. The fourth-order valence-electron chi connectivity index (χ4n) is 2.55. The van der Waals surface area contributed by atoms with E-state index in [-0.39, 0.29) is 6.03 Å². The molecule has 2 amide bonds. The third-order valence-corrected chi connectivity index (χ3v) is 4.50. The summed E-state index contributed by atoms with van der Waals surface area (Å²) >= 11 is 1.45. The van der Waals surface area contributed by atoms with E-state index >= 15 is 0 Å². The molecule has 2 heterocycles. The lowest BCUT2D eigenvalue weighted by molar-refractivity contribution is 0.206. The van der Waals surface area contributed by atoms with Crippen LogP contribution in [0.1, 0.15) is 23.7 Å². The summed E-state index contributed by atoms with van der Waals surface area (Å²) < 4.78 is 5.54. The smallest absolute Gasteiger partial charge is 0.323 e. The predicted molar refractivity (Wildman–Crippen MR) is 87.6 cm³/mol. The first-order valence-electron chi connectivity index (χ1n) is 7.38. The molecule has 22 heavy (non-hydrogen) atoms. The zero-order chi connectivity index (χ0) is 15.5. The topological polar surface area (TPSA) is 54.5 Å². The van der Waals surface area contributed by atoms with Gasteiger partial charge in [-0.15, -0.1) is 11.3 Å². The third-order valence-electron chi connectivity index (χ3n) is 3.62. The Balaban J connectivity index is 1.69. The molecule has 0 bridgehead atoms. The van der Waals surface area contributed by atoms with Crippen LogP contribution in [0.4, 0.5) is 9.93 Å². The number of benzene rings is 1. The summed E-state index contributed by atoms with van der Waals surface area (Å²) in [6, 6.07) is 6.03. The van der Waals surface area contributed by atoms with Crippen molar-refractivity contribution in [3.63, 3.8) is 0 Å². The molecule has 0 saturated carbocycles. The van der Waals surface area contributed by atoms with E-state index in [1.54, 1.807) is 0 Å². The van der Waals surface area contributed by atoms with Crippen molar-refractivity contribution in [2.75, 3.05) is 18.5 Å². The fraction of sp³-hybridized carbons (Fsp3) is 0.375. The molecule has 116 valence electrons. The molecule has 0 atom stereocenters. The number of fused-ring (bicyclic) bond motifs is 1. The minimum atomic E-state index is -0.0955. The first kappa shape index (κ1) is 14.8. The minimum absolute atomic E-state index is 0.0955. The lowest BCUT2D eigenvalue weighted by Crippen LogP contribution is -2.38. The van der Waals surface area contributed by atoms with Gasteiger partial charge in [0.15, 0.2) is 5.13 Å². The second kappa shape index (κ2) is 6.36. The van der Waals surface area contributed by atoms with Crippen LogP contribution >= 0.6 is 11.3 Å². The van der Waals surface area contributed by atoms with Gasteiger partial charge in [-0.2, -0.15) is 0 Å². The zero-order valence-corrected chi connectivity index (χ0v) is 13.6. The highest BCUT2D eigenvalue weighted by Crippen LogP contribution is 2.25. The van der Waals surface area contributed by atoms with Crippen LogP contribution in [0.25, 0.3) is 0 Å². The van der Waals surface area contributed by atoms with Gasteiger partial charge in [-0.1, -0.05) is 6.07 Å². The quantitative estimate of drug-likeness (QED) is 0.943. The Morgan fingerprint density at radius 1 is 1.45 bits per heavy atom. The predicted octanol–water partition coefficient (Wildman–Crippen LogP) is 3.44. The Morgan fingerprint density at radius 3 is 3.05 bits per heavy atom. The highest BCUT2D eigenvalue weighted by atomic mass is 32.1. The summed E-state index contributed by atoms with van der Waals surface area (Å²) in [4.78, 5) is 18.4. The van der Waals surface area contributed by atoms with Gasteiger partial charge in [0.25, 0.3) is 0 Å². The van der Waals surface area contributed by atoms with E-state index in [2.05, 4.69) is 16.4 Å². The second-order valence-corrected chi connectivity index (χ2v) is 6.12. The van der Waals surface area contributed by atoms with Crippen LogP contribution in [0, 0.1) is 6.92 Å². The molecule has 1 aliphatic heterocycles. The van der Waals surface area contributed by atoms with Crippen LogP contribution < -0.4 is 10.1 Å². The monoisotopic (exact) mass is 317 g/mol. The number of carbonyl (C=O) groups excluding carboxylic acids is 1. The van der Waals surface area contributed by atoms with Crippen molar-refractivity contribution in [1.82, 2.24) is 9.88 Å². The van der Waals surface area contributed by atoms with Crippen molar-refractivity contribution in [2.24, 2.45) is 0 Å². The number of hydrogen-bond donors (Lipinski definition) is 1. The number of carbonyl (C=O) groups is 1. The largest absolute Gasteiger partial charge is 0.494 e. The standard InChI is InChI=1S/C16H19N3O2S/c1-3-21-14-5-4-12-6-7-19(9-13(12)8-14)16(20)18-15-17-11(2)10-22-15/h4-5,8,10H,3,6-7,9H2,1-2H3,(H,17,18,20). The Morgan fingerprint density at radius 2 is 2.32 bits per heavy atom. The normalized spacial score (nSPS) is 13.6. The van der Waals surface area contributed by atoms with Crippen LogP contribution in [0.15, 0.2) is 23.6 Å². The summed E-state index contributed by atoms with van der Waals surface area (Å²) in [6.07, 6.45) is 0.867. The van der Waals surface area contributed by atoms with E-state index in [0.29, 0.717) is 18.3 Å². The molecule has 0 fully saturated rings. The van der Waals surface area contributed by atoms with Crippen molar-refractivity contribution in [3.05, 3.63) is 40.4 Å². The number of anilines is 1. The van der Waals surface area contributed by atoms with E-state index in [4.69, 9.17) is 4.74 Å². The Kier molecular flexibility index (Phi) is 4.29. The maximum Gasteiger partial charge on any atom is 0.323 e. The molecule has 1 aromatic carbocycles. The van der Waals surface area contributed by atoms with Crippen LogP contribution in [0.5, 0.6) is 5.75 Å². The highest BCUT2D eigenvalue weighted by Gasteiger charge is 2.21. The van der Waals surface area contributed by atoms with E-state index in [9.17, 15) is 4.79 Å². The molecule has 3 rings (SSSR count). The van der Waals surface area contributed by atoms with Gasteiger partial charge in [0, 0.05) is 18.5 Å². The molecule has 6 heteroatoms. The van der Waals surface area contributed by atoms with E-state index in [1.165, 1.54) is 16.9 Å². The van der Waals surface area contributed by atoms with Crippen molar-refractivity contribution < 1.29 is 9.53 Å². The summed E-state index contributed by atoms with van der Waals surface area (Å²) in [5.41, 5.74) is 3.37. The van der Waals surface area contributed by atoms with Crippen LogP contribution in [0.2, 0.25) is 0 Å². The molecule has 0 saturated heterocycles. The molecule has 2 aromatic rings. The highest BCUT2D eigenvalue weighted by molar-refractivity contribution is 7.13. The fourth-order valence-corrected chi connectivity index (χ4v) is 3.22. The first-order chi connectivity index (χ1) is 10.7. The summed E-state index contributed by atoms with van der Waals surface area (Å²) in [6.45, 7) is 5.85. The zero-order valence-electron chi connectivity index (χ0n) is 12.8. The lowest BCUT2D eigenvalue weighted by atomic mass is 10.00. The number of rotatable bonds is 3. The van der Waals surface area contributed by atoms with E-state index in [1.807, 2.05) is 36.3 Å². The van der Waals surface area contributed by atoms with Gasteiger partial charge in [-0.3, -0.25) is 5.32 Å². The van der Waals surface area contributed by atoms with Crippen LogP contribution in [0.3, 0.4) is 0 Å². The molecule has 0 aliphatic carbocycles. The summed E-state index contributed by atoms with van der Waals surface area (Å²) in [7, 11) is 0. The second-order valence-electron chi connectivity index (χ2n) is 5.26. The number of nitrogens with one attached hydrogen (secondary N) is 1. The molecule has 1 N–H and O–H groups in total. The van der Waals surface area contributed by atoms with Gasteiger partial charge in [-0.25, -0.2) is 9.78 Å². The van der Waals surface area contributed by atoms with E-state index in [0.717, 1.165) is 30.0 Å². The number of hydrogen-bond acceptors (Lipinski definition) is 4. The number of ether oxygens (including phenoxy) is 1. The molecule has 1 aromatic heterocycles. The van der Waals surface area contributed by atoms with Gasteiger partial charge in [-0.05, 0) is 43.5 Å². The summed E-state index contributed by atoms with van der Waals surface area (Å²) in [5.74, 6) is 0.860. The van der Waals surface area contributed by atoms with Crippen LogP contribution in [-0.4, -0.2) is 29.1 Å². The Bertz CT molecular complexity index is 684. The number of aryl methyl sites for hydroxylation is 1. The Labute approximate surface area is 133 Å². The molecule has 1 aliphatic rings.